The zero-order chi connectivity index (χ0) is 16.6. The van der Waals surface area contributed by atoms with Crippen LogP contribution in [-0.2, 0) is 0 Å². The molecule has 0 radical (unpaired) electrons. The molecule has 1 aromatic heterocycles. The van der Waals surface area contributed by atoms with Crippen LogP contribution in [-0.4, -0.2) is 23.2 Å². The van der Waals surface area contributed by atoms with Gasteiger partial charge in [-0.05, 0) is 42.8 Å². The van der Waals surface area contributed by atoms with Gasteiger partial charge in [0.2, 0.25) is 0 Å². The lowest BCUT2D eigenvalue weighted by Gasteiger charge is -2.10. The number of ether oxygens (including phenoxy) is 1. The average molecular weight is 311 g/mol. The predicted molar refractivity (Wildman–Crippen MR) is 85.4 cm³/mol. The Morgan fingerprint density at radius 2 is 2.00 bits per heavy atom. The van der Waals surface area contributed by atoms with E-state index in [4.69, 9.17) is 4.74 Å². The van der Waals surface area contributed by atoms with Gasteiger partial charge in [0.05, 0.1) is 18.4 Å². The number of halogens is 1. The van der Waals surface area contributed by atoms with E-state index >= 15 is 0 Å². The molecule has 0 aliphatic rings. The molecule has 5 heteroatoms. The van der Waals surface area contributed by atoms with Gasteiger partial charge in [0.25, 0.3) is 0 Å². The van der Waals surface area contributed by atoms with Crippen molar-refractivity contribution in [1.29, 1.82) is 0 Å². The Kier molecular flexibility index (Phi) is 3.70. The fourth-order valence-corrected chi connectivity index (χ4v) is 2.58. The zero-order valence-corrected chi connectivity index (χ0v) is 12.6. The van der Waals surface area contributed by atoms with Crippen LogP contribution in [0.5, 0.6) is 5.75 Å². The third-order valence-electron chi connectivity index (χ3n) is 3.71. The van der Waals surface area contributed by atoms with Crippen LogP contribution in [0.1, 0.15) is 15.9 Å². The first-order valence-electron chi connectivity index (χ1n) is 6.99. The summed E-state index contributed by atoms with van der Waals surface area (Å²) in [6, 6.07) is 11.1. The van der Waals surface area contributed by atoms with Gasteiger partial charge in [-0.25, -0.2) is 14.2 Å². The van der Waals surface area contributed by atoms with Crippen molar-refractivity contribution in [2.45, 2.75) is 6.92 Å². The number of hydrogen-bond acceptors (Lipinski definition) is 3. The Labute approximate surface area is 132 Å². The van der Waals surface area contributed by atoms with Crippen LogP contribution in [0.15, 0.2) is 42.5 Å². The Morgan fingerprint density at radius 3 is 2.65 bits per heavy atom. The second-order valence-electron chi connectivity index (χ2n) is 5.18. The number of aromatic nitrogens is 1. The molecule has 0 amide bonds. The highest BCUT2D eigenvalue weighted by Gasteiger charge is 2.15. The number of rotatable bonds is 3. The fourth-order valence-electron chi connectivity index (χ4n) is 2.58. The predicted octanol–water partition coefficient (Wildman–Crippen LogP) is 4.06. The maximum absolute atomic E-state index is 14.0. The zero-order valence-electron chi connectivity index (χ0n) is 12.6. The largest absolute Gasteiger partial charge is 0.496 e. The van der Waals surface area contributed by atoms with E-state index in [1.54, 1.807) is 25.3 Å². The summed E-state index contributed by atoms with van der Waals surface area (Å²) in [6.45, 7) is 1.88. The normalized spacial score (nSPS) is 10.7. The number of aryl methyl sites for hydroxylation is 1. The van der Waals surface area contributed by atoms with Crippen molar-refractivity contribution in [3.05, 3.63) is 59.4 Å². The summed E-state index contributed by atoms with van der Waals surface area (Å²) in [5.74, 6) is -0.939. The van der Waals surface area contributed by atoms with Crippen molar-refractivity contribution in [2.24, 2.45) is 0 Å². The van der Waals surface area contributed by atoms with Gasteiger partial charge in [-0.3, -0.25) is 0 Å². The molecule has 0 fully saturated rings. The van der Waals surface area contributed by atoms with Crippen LogP contribution in [0.3, 0.4) is 0 Å². The van der Waals surface area contributed by atoms with Crippen molar-refractivity contribution >= 4 is 16.9 Å². The van der Waals surface area contributed by atoms with E-state index in [2.05, 4.69) is 4.98 Å². The molecule has 3 aromatic rings. The van der Waals surface area contributed by atoms with Crippen LogP contribution in [0.4, 0.5) is 4.39 Å². The molecule has 4 nitrogen and oxygen atoms in total. The maximum Gasteiger partial charge on any atom is 0.336 e. The van der Waals surface area contributed by atoms with Crippen molar-refractivity contribution in [1.82, 2.24) is 4.98 Å². The Balaban J connectivity index is 2.28. The summed E-state index contributed by atoms with van der Waals surface area (Å²) in [5, 5.41) is 9.70. The van der Waals surface area contributed by atoms with E-state index in [0.29, 0.717) is 11.3 Å². The average Bonchev–Trinajstić information content (AvgIpc) is 2.54. The molecule has 0 aliphatic carbocycles. The molecule has 1 heterocycles. The lowest BCUT2D eigenvalue weighted by Crippen LogP contribution is -2.01. The third kappa shape index (κ3) is 2.61. The van der Waals surface area contributed by atoms with Gasteiger partial charge in [0.1, 0.15) is 17.1 Å². The quantitative estimate of drug-likeness (QED) is 0.792. The first-order valence-corrected chi connectivity index (χ1v) is 6.99. The molecule has 23 heavy (non-hydrogen) atoms. The number of benzene rings is 2. The van der Waals surface area contributed by atoms with E-state index in [0.717, 1.165) is 11.3 Å². The molecular weight excluding hydrogens is 297 g/mol. The van der Waals surface area contributed by atoms with Crippen molar-refractivity contribution < 1.29 is 19.0 Å². The minimum Gasteiger partial charge on any atom is -0.496 e. The van der Waals surface area contributed by atoms with E-state index in [-0.39, 0.29) is 16.5 Å². The number of hydrogen-bond donors (Lipinski definition) is 1. The number of carboxylic acids is 1. The van der Waals surface area contributed by atoms with Gasteiger partial charge in [0, 0.05) is 10.9 Å². The molecule has 0 atom stereocenters. The second kappa shape index (κ2) is 5.68. The fraction of sp³-hybridized carbons (Fsp3) is 0.111. The SMILES string of the molecule is COc1ccc(-c2cc(C(=O)O)c3cccc(F)c3n2)cc1C. The number of para-hydroxylation sites is 1. The molecule has 0 saturated heterocycles. The molecule has 0 aliphatic heterocycles. The minimum absolute atomic E-state index is 0.0259. The first-order chi connectivity index (χ1) is 11.0. The number of methoxy groups -OCH3 is 1. The molecular formula is C18H14FNO3. The van der Waals surface area contributed by atoms with E-state index in [1.807, 2.05) is 13.0 Å². The first kappa shape index (κ1) is 15.0. The summed E-state index contributed by atoms with van der Waals surface area (Å²) in [7, 11) is 1.58. The van der Waals surface area contributed by atoms with Crippen LogP contribution in [0.2, 0.25) is 0 Å². The summed E-state index contributed by atoms with van der Waals surface area (Å²) in [6.07, 6.45) is 0. The van der Waals surface area contributed by atoms with Crippen LogP contribution < -0.4 is 4.74 Å². The second-order valence-corrected chi connectivity index (χ2v) is 5.18. The Bertz CT molecular complexity index is 922. The summed E-state index contributed by atoms with van der Waals surface area (Å²) in [5.41, 5.74) is 2.08. The van der Waals surface area contributed by atoms with Gasteiger partial charge < -0.3 is 9.84 Å². The highest BCUT2D eigenvalue weighted by atomic mass is 19.1. The molecule has 0 spiro atoms. The lowest BCUT2D eigenvalue weighted by atomic mass is 10.0. The van der Waals surface area contributed by atoms with Crippen LogP contribution >= 0.6 is 0 Å². The molecule has 2 aromatic carbocycles. The van der Waals surface area contributed by atoms with Crippen LogP contribution in [0, 0.1) is 12.7 Å². The third-order valence-corrected chi connectivity index (χ3v) is 3.71. The minimum atomic E-state index is -1.12. The highest BCUT2D eigenvalue weighted by molar-refractivity contribution is 6.03. The van der Waals surface area contributed by atoms with Crippen molar-refractivity contribution in [2.75, 3.05) is 7.11 Å². The number of pyridine rings is 1. The van der Waals surface area contributed by atoms with Crippen molar-refractivity contribution in [3.8, 4) is 17.0 Å². The summed E-state index contributed by atoms with van der Waals surface area (Å²) >= 11 is 0. The smallest absolute Gasteiger partial charge is 0.336 e. The van der Waals surface area contributed by atoms with Gasteiger partial charge in [0.15, 0.2) is 0 Å². The topological polar surface area (TPSA) is 59.4 Å². The van der Waals surface area contributed by atoms with Gasteiger partial charge in [-0.2, -0.15) is 0 Å². The van der Waals surface area contributed by atoms with Crippen molar-refractivity contribution in [3.63, 3.8) is 0 Å². The van der Waals surface area contributed by atoms with Crippen LogP contribution in [0.25, 0.3) is 22.2 Å². The van der Waals surface area contributed by atoms with E-state index in [9.17, 15) is 14.3 Å². The van der Waals surface area contributed by atoms with Gasteiger partial charge in [-0.1, -0.05) is 12.1 Å². The molecule has 0 bridgehead atoms. The number of carbonyl (C=O) groups is 1. The summed E-state index contributed by atoms with van der Waals surface area (Å²) < 4.78 is 19.3. The number of aromatic carboxylic acids is 1. The Hall–Kier alpha value is -2.95. The Morgan fingerprint density at radius 1 is 1.22 bits per heavy atom. The number of carboxylic acid groups (broad SMARTS) is 1. The molecule has 3 rings (SSSR count). The standard InChI is InChI=1S/C18H14FNO3/c1-10-8-11(6-7-16(10)23-2)15-9-13(18(21)22)12-4-3-5-14(19)17(12)20-15/h3-9H,1-2H3,(H,21,22). The number of nitrogens with zero attached hydrogens (tertiary/aromatic N) is 1. The molecule has 116 valence electrons. The number of fused-ring (bicyclic) bond motifs is 1. The maximum atomic E-state index is 14.0. The molecule has 0 saturated carbocycles. The monoisotopic (exact) mass is 311 g/mol. The van der Waals surface area contributed by atoms with E-state index in [1.165, 1.54) is 18.2 Å². The molecule has 1 N–H and O–H groups in total. The highest BCUT2D eigenvalue weighted by Crippen LogP contribution is 2.29. The summed E-state index contributed by atoms with van der Waals surface area (Å²) in [4.78, 5) is 15.8. The molecule has 0 unspecified atom stereocenters. The lowest BCUT2D eigenvalue weighted by molar-refractivity contribution is 0.0699. The van der Waals surface area contributed by atoms with E-state index < -0.39 is 11.8 Å². The van der Waals surface area contributed by atoms with Gasteiger partial charge in [-0.15, -0.1) is 0 Å². The van der Waals surface area contributed by atoms with Gasteiger partial charge >= 0.3 is 5.97 Å².